The van der Waals surface area contributed by atoms with Gasteiger partial charge in [-0.2, -0.15) is 0 Å². The van der Waals surface area contributed by atoms with Gasteiger partial charge in [-0.05, 0) is 45.2 Å². The lowest BCUT2D eigenvalue weighted by atomic mass is 10.1. The number of aromatic amines is 1. The number of aromatic nitrogens is 2. The quantitative estimate of drug-likeness (QED) is 0.903. The maximum absolute atomic E-state index is 12.5. The van der Waals surface area contributed by atoms with Gasteiger partial charge in [-0.15, -0.1) is 0 Å². The Balaban J connectivity index is 1.70. The van der Waals surface area contributed by atoms with Crippen LogP contribution in [0.25, 0.3) is 0 Å². The van der Waals surface area contributed by atoms with Crippen molar-refractivity contribution in [3.8, 4) is 0 Å². The summed E-state index contributed by atoms with van der Waals surface area (Å²) in [6.45, 7) is 6.45. The molecule has 7 heteroatoms. The summed E-state index contributed by atoms with van der Waals surface area (Å²) < 4.78 is 5.32. The average molecular weight is 330 g/mol. The number of nitrogens with one attached hydrogen (secondary N) is 2. The molecule has 1 saturated heterocycles. The first-order chi connectivity index (χ1) is 11.5. The molecule has 128 valence electrons. The molecule has 1 fully saturated rings. The third-order valence-electron chi connectivity index (χ3n) is 4.40. The van der Waals surface area contributed by atoms with Crippen LogP contribution >= 0.6 is 0 Å². The van der Waals surface area contributed by atoms with E-state index in [0.717, 1.165) is 29.8 Å². The number of hydrogen-bond acceptors (Lipinski definition) is 4. The highest BCUT2D eigenvalue weighted by atomic mass is 16.5. The Kier molecular flexibility index (Phi) is 4.42. The van der Waals surface area contributed by atoms with E-state index in [9.17, 15) is 9.59 Å². The zero-order valence-corrected chi connectivity index (χ0v) is 14.2. The van der Waals surface area contributed by atoms with Crippen LogP contribution in [-0.2, 0) is 6.54 Å². The summed E-state index contributed by atoms with van der Waals surface area (Å²) in [4.78, 5) is 29.1. The normalized spacial score (nSPS) is 17.3. The standard InChI is InChI=1S/C17H22N4O3/c1-10-7-11(2)19-16(22)13(10)9-18-17(23)21-6-4-5-14(21)15-8-12(3)20-24-15/h7-8,14H,4-6,9H2,1-3H3,(H,18,23)(H,19,22)/t14-/m1/s1. The molecule has 3 heterocycles. The number of carbonyl (C=O) groups excluding carboxylic acids is 1. The molecule has 1 aliphatic heterocycles. The molecule has 0 unspecified atom stereocenters. The van der Waals surface area contributed by atoms with Gasteiger partial charge in [0.05, 0.1) is 18.3 Å². The molecule has 3 rings (SSSR count). The van der Waals surface area contributed by atoms with E-state index >= 15 is 0 Å². The number of H-pyrrole nitrogens is 1. The van der Waals surface area contributed by atoms with Crippen molar-refractivity contribution < 1.29 is 9.32 Å². The van der Waals surface area contributed by atoms with E-state index in [-0.39, 0.29) is 24.2 Å². The van der Waals surface area contributed by atoms with E-state index in [4.69, 9.17) is 4.52 Å². The number of hydrogen-bond donors (Lipinski definition) is 2. The maximum atomic E-state index is 12.5. The number of pyridine rings is 1. The molecule has 0 radical (unpaired) electrons. The van der Waals surface area contributed by atoms with Gasteiger partial charge >= 0.3 is 6.03 Å². The fourth-order valence-electron chi connectivity index (χ4n) is 3.21. The summed E-state index contributed by atoms with van der Waals surface area (Å²) in [5, 5.41) is 6.75. The van der Waals surface area contributed by atoms with Crippen LogP contribution in [0, 0.1) is 20.8 Å². The smallest absolute Gasteiger partial charge is 0.318 e. The van der Waals surface area contributed by atoms with Gasteiger partial charge in [-0.1, -0.05) is 5.16 Å². The maximum Gasteiger partial charge on any atom is 0.318 e. The van der Waals surface area contributed by atoms with E-state index in [1.807, 2.05) is 32.9 Å². The molecule has 0 aliphatic carbocycles. The Bertz CT molecular complexity index is 808. The minimum Gasteiger partial charge on any atom is -0.359 e. The van der Waals surface area contributed by atoms with Gasteiger partial charge in [0, 0.05) is 23.9 Å². The van der Waals surface area contributed by atoms with Crippen molar-refractivity contribution in [1.82, 2.24) is 20.4 Å². The molecule has 7 nitrogen and oxygen atoms in total. The Hall–Kier alpha value is -2.57. The molecule has 0 saturated carbocycles. The van der Waals surface area contributed by atoms with Crippen molar-refractivity contribution in [2.75, 3.05) is 6.54 Å². The van der Waals surface area contributed by atoms with E-state index < -0.39 is 0 Å². The molecule has 2 aromatic rings. The lowest BCUT2D eigenvalue weighted by molar-refractivity contribution is 0.182. The minimum absolute atomic E-state index is 0.0939. The molecule has 1 aliphatic rings. The van der Waals surface area contributed by atoms with Gasteiger partial charge in [0.2, 0.25) is 0 Å². The Labute approximate surface area is 140 Å². The monoisotopic (exact) mass is 330 g/mol. The Morgan fingerprint density at radius 2 is 2.21 bits per heavy atom. The summed E-state index contributed by atoms with van der Waals surface area (Å²) in [6.07, 6.45) is 1.77. The van der Waals surface area contributed by atoms with Crippen molar-refractivity contribution in [3.63, 3.8) is 0 Å². The molecule has 2 N–H and O–H groups in total. The van der Waals surface area contributed by atoms with Gasteiger partial charge in [0.25, 0.3) is 5.56 Å². The summed E-state index contributed by atoms with van der Waals surface area (Å²) in [7, 11) is 0. The van der Waals surface area contributed by atoms with Crippen LogP contribution in [0.1, 0.15) is 47.2 Å². The van der Waals surface area contributed by atoms with Gasteiger partial charge in [0.1, 0.15) is 0 Å². The average Bonchev–Trinajstić information content (AvgIpc) is 3.14. The fraction of sp³-hybridized carbons (Fsp3) is 0.471. The molecule has 1 atom stereocenters. The number of rotatable bonds is 3. The number of urea groups is 1. The first-order valence-corrected chi connectivity index (χ1v) is 8.13. The predicted octanol–water partition coefficient (Wildman–Crippen LogP) is 2.33. The number of carbonyl (C=O) groups is 1. The largest absolute Gasteiger partial charge is 0.359 e. The highest BCUT2D eigenvalue weighted by molar-refractivity contribution is 5.75. The number of likely N-dealkylation sites (tertiary alicyclic amines) is 1. The third kappa shape index (κ3) is 3.20. The fourth-order valence-corrected chi connectivity index (χ4v) is 3.21. The highest BCUT2D eigenvalue weighted by Gasteiger charge is 2.32. The van der Waals surface area contributed by atoms with E-state index in [1.54, 1.807) is 4.90 Å². The van der Waals surface area contributed by atoms with Crippen molar-refractivity contribution in [3.05, 3.63) is 50.8 Å². The SMILES string of the molecule is Cc1cc([C@H]2CCCN2C(=O)NCc2c(C)cc(C)[nH]c2=O)on1. The zero-order valence-electron chi connectivity index (χ0n) is 14.2. The highest BCUT2D eigenvalue weighted by Crippen LogP contribution is 2.32. The van der Waals surface area contributed by atoms with Crippen LogP contribution in [0.4, 0.5) is 4.79 Å². The van der Waals surface area contributed by atoms with Gasteiger partial charge in [-0.25, -0.2) is 4.79 Å². The number of aryl methyl sites for hydroxylation is 3. The molecule has 0 spiro atoms. The van der Waals surface area contributed by atoms with Gasteiger partial charge in [0.15, 0.2) is 5.76 Å². The Morgan fingerprint density at radius 1 is 1.42 bits per heavy atom. The summed E-state index contributed by atoms with van der Waals surface area (Å²) in [6, 6.07) is 3.48. The first kappa shape index (κ1) is 16.3. The molecule has 24 heavy (non-hydrogen) atoms. The van der Waals surface area contributed by atoms with E-state index in [2.05, 4.69) is 15.5 Å². The number of nitrogens with zero attached hydrogens (tertiary/aromatic N) is 2. The number of amides is 2. The molecular weight excluding hydrogens is 308 g/mol. The predicted molar refractivity (Wildman–Crippen MR) is 88.7 cm³/mol. The van der Waals surface area contributed by atoms with E-state index in [1.165, 1.54) is 0 Å². The molecule has 0 bridgehead atoms. The van der Waals surface area contributed by atoms with Gasteiger partial charge < -0.3 is 19.7 Å². The van der Waals surface area contributed by atoms with Gasteiger partial charge in [-0.3, -0.25) is 4.79 Å². The lowest BCUT2D eigenvalue weighted by Gasteiger charge is -2.23. The summed E-state index contributed by atoms with van der Waals surface area (Å²) >= 11 is 0. The molecule has 2 amide bonds. The summed E-state index contributed by atoms with van der Waals surface area (Å²) in [5.74, 6) is 0.713. The lowest BCUT2D eigenvalue weighted by Crippen LogP contribution is -2.40. The van der Waals surface area contributed by atoms with Crippen LogP contribution in [0.3, 0.4) is 0 Å². The second-order valence-electron chi connectivity index (χ2n) is 6.32. The first-order valence-electron chi connectivity index (χ1n) is 8.13. The second-order valence-corrected chi connectivity index (χ2v) is 6.32. The van der Waals surface area contributed by atoms with Crippen molar-refractivity contribution >= 4 is 6.03 Å². The minimum atomic E-state index is -0.189. The van der Waals surface area contributed by atoms with Crippen LogP contribution in [-0.4, -0.2) is 27.6 Å². The van der Waals surface area contributed by atoms with Crippen LogP contribution in [0.2, 0.25) is 0 Å². The Morgan fingerprint density at radius 3 is 2.88 bits per heavy atom. The topological polar surface area (TPSA) is 91.2 Å². The molecule has 0 aromatic carbocycles. The molecular formula is C17H22N4O3. The van der Waals surface area contributed by atoms with Crippen molar-refractivity contribution in [2.45, 2.75) is 46.2 Å². The van der Waals surface area contributed by atoms with Crippen molar-refractivity contribution in [1.29, 1.82) is 0 Å². The zero-order chi connectivity index (χ0) is 17.3. The third-order valence-corrected chi connectivity index (χ3v) is 4.40. The van der Waals surface area contributed by atoms with Crippen LogP contribution in [0.15, 0.2) is 21.5 Å². The second kappa shape index (κ2) is 6.51. The van der Waals surface area contributed by atoms with Crippen LogP contribution in [0.5, 0.6) is 0 Å². The summed E-state index contributed by atoms with van der Waals surface area (Å²) in [5.41, 5.74) is 2.92. The van der Waals surface area contributed by atoms with Crippen molar-refractivity contribution in [2.24, 2.45) is 0 Å². The molecule has 2 aromatic heterocycles. The van der Waals surface area contributed by atoms with E-state index in [0.29, 0.717) is 17.9 Å². The van der Waals surface area contributed by atoms with Crippen LogP contribution < -0.4 is 10.9 Å².